The Morgan fingerprint density at radius 2 is 1.81 bits per heavy atom. The van der Waals surface area contributed by atoms with Crippen molar-refractivity contribution in [3.63, 3.8) is 0 Å². The van der Waals surface area contributed by atoms with E-state index in [2.05, 4.69) is 11.4 Å². The summed E-state index contributed by atoms with van der Waals surface area (Å²) in [6.45, 7) is 4.38. The molecular formula is C15H21NO5. The number of aryl methyl sites for hydroxylation is 2. The predicted molar refractivity (Wildman–Crippen MR) is 77.5 cm³/mol. The Labute approximate surface area is 124 Å². The first-order chi connectivity index (χ1) is 9.97. The molecule has 1 rings (SSSR count). The second-order valence-electron chi connectivity index (χ2n) is 4.72. The van der Waals surface area contributed by atoms with Crippen LogP contribution in [0.1, 0.15) is 17.5 Å². The van der Waals surface area contributed by atoms with E-state index in [1.54, 1.807) is 0 Å². The van der Waals surface area contributed by atoms with Gasteiger partial charge in [0.2, 0.25) is 5.91 Å². The molecule has 116 valence electrons. The van der Waals surface area contributed by atoms with Gasteiger partial charge in [0.1, 0.15) is 12.4 Å². The highest BCUT2D eigenvalue weighted by Gasteiger charge is 2.03. The van der Waals surface area contributed by atoms with Crippen LogP contribution in [0.15, 0.2) is 18.2 Å². The molecule has 0 saturated carbocycles. The van der Waals surface area contributed by atoms with Crippen LogP contribution in [0.25, 0.3) is 0 Å². The van der Waals surface area contributed by atoms with Gasteiger partial charge in [0.05, 0.1) is 19.6 Å². The van der Waals surface area contributed by atoms with Crippen molar-refractivity contribution >= 4 is 11.9 Å². The van der Waals surface area contributed by atoms with Gasteiger partial charge in [-0.25, -0.2) is 4.79 Å². The largest absolute Gasteiger partial charge is 0.493 e. The van der Waals surface area contributed by atoms with Crippen LogP contribution >= 0.6 is 0 Å². The third-order valence-corrected chi connectivity index (χ3v) is 2.59. The maximum Gasteiger partial charge on any atom is 0.329 e. The summed E-state index contributed by atoms with van der Waals surface area (Å²) in [5, 5.41) is 11.0. The lowest BCUT2D eigenvalue weighted by atomic mass is 10.1. The lowest BCUT2D eigenvalue weighted by Gasteiger charge is -2.09. The zero-order valence-corrected chi connectivity index (χ0v) is 12.3. The third kappa shape index (κ3) is 7.94. The van der Waals surface area contributed by atoms with E-state index in [4.69, 9.17) is 14.6 Å². The van der Waals surface area contributed by atoms with Gasteiger partial charge in [-0.05, 0) is 37.1 Å². The van der Waals surface area contributed by atoms with Crippen LogP contribution in [-0.2, 0) is 14.3 Å². The Morgan fingerprint density at radius 1 is 1.14 bits per heavy atom. The van der Waals surface area contributed by atoms with Crippen LogP contribution in [0.3, 0.4) is 0 Å². The molecule has 0 radical (unpaired) electrons. The first-order valence-corrected chi connectivity index (χ1v) is 6.74. The number of hydrogen-bond acceptors (Lipinski definition) is 4. The van der Waals surface area contributed by atoms with Gasteiger partial charge < -0.3 is 19.9 Å². The molecule has 0 saturated heterocycles. The first-order valence-electron chi connectivity index (χ1n) is 6.74. The SMILES string of the molecule is Cc1cc(C)cc(OCCC(=O)NCCOCC(=O)O)c1. The van der Waals surface area contributed by atoms with Crippen LogP contribution in [0.5, 0.6) is 5.75 Å². The number of hydrogen-bond donors (Lipinski definition) is 2. The third-order valence-electron chi connectivity index (χ3n) is 2.59. The Morgan fingerprint density at radius 3 is 2.43 bits per heavy atom. The number of nitrogens with one attached hydrogen (secondary N) is 1. The van der Waals surface area contributed by atoms with Crippen molar-refractivity contribution in [1.82, 2.24) is 5.32 Å². The minimum absolute atomic E-state index is 0.154. The van der Waals surface area contributed by atoms with E-state index in [9.17, 15) is 9.59 Å². The van der Waals surface area contributed by atoms with Crippen molar-refractivity contribution < 1.29 is 24.2 Å². The molecule has 0 fully saturated rings. The molecule has 0 spiro atoms. The average Bonchev–Trinajstić information content (AvgIpc) is 2.36. The minimum atomic E-state index is -1.02. The number of carboxylic acid groups (broad SMARTS) is 1. The molecule has 1 aromatic carbocycles. The highest BCUT2D eigenvalue weighted by atomic mass is 16.5. The smallest absolute Gasteiger partial charge is 0.329 e. The monoisotopic (exact) mass is 295 g/mol. The second-order valence-corrected chi connectivity index (χ2v) is 4.72. The van der Waals surface area contributed by atoms with Crippen LogP contribution in [-0.4, -0.2) is 43.3 Å². The fraction of sp³-hybridized carbons (Fsp3) is 0.467. The fourth-order valence-electron chi connectivity index (χ4n) is 1.79. The molecule has 0 atom stereocenters. The molecular weight excluding hydrogens is 274 g/mol. The summed E-state index contributed by atoms with van der Waals surface area (Å²) in [6, 6.07) is 5.89. The van der Waals surface area contributed by atoms with Crippen LogP contribution in [0, 0.1) is 13.8 Å². The molecule has 6 heteroatoms. The van der Waals surface area contributed by atoms with Gasteiger partial charge in [-0.15, -0.1) is 0 Å². The van der Waals surface area contributed by atoms with Gasteiger partial charge in [-0.1, -0.05) is 6.07 Å². The zero-order chi connectivity index (χ0) is 15.7. The quantitative estimate of drug-likeness (QED) is 0.671. The Bertz CT molecular complexity index is 467. The Kier molecular flexibility index (Phi) is 7.25. The van der Waals surface area contributed by atoms with E-state index in [0.29, 0.717) is 6.61 Å². The molecule has 0 aliphatic heterocycles. The molecule has 2 N–H and O–H groups in total. The van der Waals surface area contributed by atoms with Crippen molar-refractivity contribution in [2.75, 3.05) is 26.4 Å². The van der Waals surface area contributed by atoms with Gasteiger partial charge in [0.15, 0.2) is 0 Å². The molecule has 0 bridgehead atoms. The lowest BCUT2D eigenvalue weighted by Crippen LogP contribution is -2.29. The van der Waals surface area contributed by atoms with Crippen LogP contribution < -0.4 is 10.1 Å². The maximum atomic E-state index is 11.5. The van der Waals surface area contributed by atoms with Gasteiger partial charge in [-0.2, -0.15) is 0 Å². The van der Waals surface area contributed by atoms with E-state index < -0.39 is 5.97 Å². The molecule has 0 unspecified atom stereocenters. The first kappa shape index (κ1) is 17.0. The van der Waals surface area contributed by atoms with Crippen molar-refractivity contribution in [3.8, 4) is 5.75 Å². The lowest BCUT2D eigenvalue weighted by molar-refractivity contribution is -0.142. The highest BCUT2D eigenvalue weighted by molar-refractivity contribution is 5.75. The van der Waals surface area contributed by atoms with Crippen molar-refractivity contribution in [3.05, 3.63) is 29.3 Å². The topological polar surface area (TPSA) is 84.9 Å². The van der Waals surface area contributed by atoms with Crippen LogP contribution in [0.4, 0.5) is 0 Å². The molecule has 0 aromatic heterocycles. The molecule has 0 heterocycles. The minimum Gasteiger partial charge on any atom is -0.493 e. The number of aliphatic carboxylic acids is 1. The number of rotatable bonds is 9. The summed E-state index contributed by atoms with van der Waals surface area (Å²) in [5.74, 6) is -0.424. The number of carboxylic acids is 1. The summed E-state index contributed by atoms with van der Waals surface area (Å²) in [6.07, 6.45) is 0.242. The van der Waals surface area contributed by atoms with E-state index in [0.717, 1.165) is 16.9 Å². The second kappa shape index (κ2) is 8.97. The number of carbonyl (C=O) groups is 2. The Hall–Kier alpha value is -2.08. The van der Waals surface area contributed by atoms with Gasteiger partial charge in [-0.3, -0.25) is 4.79 Å². The molecule has 1 aromatic rings. The van der Waals surface area contributed by atoms with Crippen molar-refractivity contribution in [1.29, 1.82) is 0 Å². The summed E-state index contributed by atoms with van der Waals surface area (Å²) < 4.78 is 10.3. The predicted octanol–water partition coefficient (Wildman–Crippen LogP) is 1.29. The Balaban J connectivity index is 2.14. The fourth-order valence-corrected chi connectivity index (χ4v) is 1.79. The van der Waals surface area contributed by atoms with Crippen molar-refractivity contribution in [2.45, 2.75) is 20.3 Å². The van der Waals surface area contributed by atoms with E-state index >= 15 is 0 Å². The number of benzene rings is 1. The molecule has 6 nitrogen and oxygen atoms in total. The summed E-state index contributed by atoms with van der Waals surface area (Å²) >= 11 is 0. The maximum absolute atomic E-state index is 11.5. The number of ether oxygens (including phenoxy) is 2. The van der Waals surface area contributed by atoms with Gasteiger partial charge in [0.25, 0.3) is 0 Å². The standard InChI is InChI=1S/C15H21NO5/c1-11-7-12(2)9-13(8-11)21-5-3-14(17)16-4-6-20-10-15(18)19/h7-9H,3-6,10H2,1-2H3,(H,16,17)(H,18,19). The number of carbonyl (C=O) groups excluding carboxylic acids is 1. The molecule has 1 amide bonds. The summed E-state index contributed by atoms with van der Waals surface area (Å²) in [7, 11) is 0. The number of amides is 1. The average molecular weight is 295 g/mol. The van der Waals surface area contributed by atoms with Crippen molar-refractivity contribution in [2.24, 2.45) is 0 Å². The highest BCUT2D eigenvalue weighted by Crippen LogP contribution is 2.16. The molecule has 0 aliphatic carbocycles. The van der Waals surface area contributed by atoms with Gasteiger partial charge >= 0.3 is 5.97 Å². The molecule has 21 heavy (non-hydrogen) atoms. The van der Waals surface area contributed by atoms with Crippen LogP contribution in [0.2, 0.25) is 0 Å². The van der Waals surface area contributed by atoms with E-state index in [-0.39, 0.29) is 32.1 Å². The summed E-state index contributed by atoms with van der Waals surface area (Å²) in [4.78, 5) is 21.7. The van der Waals surface area contributed by atoms with E-state index in [1.807, 2.05) is 26.0 Å². The molecule has 0 aliphatic rings. The van der Waals surface area contributed by atoms with E-state index in [1.165, 1.54) is 0 Å². The zero-order valence-electron chi connectivity index (χ0n) is 12.3. The summed E-state index contributed by atoms with van der Waals surface area (Å²) in [5.41, 5.74) is 2.23. The van der Waals surface area contributed by atoms with Gasteiger partial charge in [0, 0.05) is 6.54 Å². The normalized spacial score (nSPS) is 10.2.